The van der Waals surface area contributed by atoms with Gasteiger partial charge in [0, 0.05) is 25.7 Å². The van der Waals surface area contributed by atoms with Crippen molar-refractivity contribution >= 4 is 45.2 Å². The van der Waals surface area contributed by atoms with Gasteiger partial charge in [0.25, 0.3) is 0 Å². The van der Waals surface area contributed by atoms with Crippen LogP contribution in [-0.4, -0.2) is 44.2 Å². The van der Waals surface area contributed by atoms with Crippen LogP contribution in [0.2, 0.25) is 0 Å². The summed E-state index contributed by atoms with van der Waals surface area (Å²) in [5.74, 6) is -0.550. The minimum Gasteiger partial charge on any atom is -0.390 e. The van der Waals surface area contributed by atoms with Crippen LogP contribution in [-0.2, 0) is 13.2 Å². The molecule has 15 heteroatoms. The van der Waals surface area contributed by atoms with Crippen LogP contribution in [0.25, 0.3) is 11.4 Å². The number of nitrogens with zero attached hydrogens (tertiary/aromatic N) is 9. The number of aromatic amines is 1. The molecule has 0 unspecified atom stereocenters. The van der Waals surface area contributed by atoms with Gasteiger partial charge in [0.05, 0.1) is 54.8 Å². The fourth-order valence-corrected chi connectivity index (χ4v) is 5.06. The molecule has 2 aromatic carbocycles. The topological polar surface area (TPSA) is 150 Å². The summed E-state index contributed by atoms with van der Waals surface area (Å²) in [4.78, 5) is 10.2. The molecular formula is C28H20F2I2N10O. The van der Waals surface area contributed by atoms with E-state index in [1.807, 2.05) is 45.4 Å². The van der Waals surface area contributed by atoms with E-state index in [2.05, 4.69) is 47.7 Å². The van der Waals surface area contributed by atoms with Crippen LogP contribution in [0.3, 0.4) is 0 Å². The summed E-state index contributed by atoms with van der Waals surface area (Å²) in [5, 5.41) is 34.3. The largest absolute Gasteiger partial charge is 0.390 e. The summed E-state index contributed by atoms with van der Waals surface area (Å²) in [6.45, 7) is 0.440. The van der Waals surface area contributed by atoms with Crippen LogP contribution in [0.5, 0.6) is 0 Å². The van der Waals surface area contributed by atoms with Crippen molar-refractivity contribution in [3.8, 4) is 23.5 Å². The molecule has 6 rings (SSSR count). The van der Waals surface area contributed by atoms with E-state index in [0.29, 0.717) is 23.6 Å². The number of H-pyrrole nitrogens is 1. The maximum absolute atomic E-state index is 13.2. The summed E-state index contributed by atoms with van der Waals surface area (Å²) in [6.07, 6.45) is 9.51. The SMILES string of the molecule is N#Cc1cn(Cc2ccnn2-c2ccc(F)cc2I)cn1.N#Cc1cnc[nH]1.OCc1ccnn1-c1ccc(F)cc1I. The van der Waals surface area contributed by atoms with E-state index < -0.39 is 0 Å². The first-order valence-corrected chi connectivity index (χ1v) is 14.4. The van der Waals surface area contributed by atoms with E-state index in [4.69, 9.17) is 15.6 Å². The minimum atomic E-state index is -0.277. The molecule has 0 amide bonds. The lowest BCUT2D eigenvalue weighted by Crippen LogP contribution is -2.07. The van der Waals surface area contributed by atoms with Gasteiger partial charge in [-0.1, -0.05) is 0 Å². The maximum atomic E-state index is 13.2. The summed E-state index contributed by atoms with van der Waals surface area (Å²) >= 11 is 4.12. The van der Waals surface area contributed by atoms with E-state index in [1.54, 1.807) is 52.5 Å². The van der Waals surface area contributed by atoms with Crippen molar-refractivity contribution in [3.63, 3.8) is 0 Å². The number of halogens is 4. The highest BCUT2D eigenvalue weighted by molar-refractivity contribution is 14.1. The van der Waals surface area contributed by atoms with E-state index in [9.17, 15) is 8.78 Å². The van der Waals surface area contributed by atoms with Crippen molar-refractivity contribution in [2.24, 2.45) is 0 Å². The number of aromatic nitrogens is 8. The number of nitriles is 2. The first-order valence-electron chi connectivity index (χ1n) is 12.2. The van der Waals surface area contributed by atoms with Gasteiger partial charge in [0.15, 0.2) is 5.69 Å². The lowest BCUT2D eigenvalue weighted by molar-refractivity contribution is 0.273. The van der Waals surface area contributed by atoms with Gasteiger partial charge in [-0.2, -0.15) is 20.7 Å². The number of aliphatic hydroxyl groups is 1. The quantitative estimate of drug-likeness (QED) is 0.230. The molecule has 0 aliphatic rings. The summed E-state index contributed by atoms with van der Waals surface area (Å²) in [5.41, 5.74) is 4.06. The molecule has 43 heavy (non-hydrogen) atoms. The second kappa shape index (κ2) is 15.1. The molecule has 0 aliphatic heterocycles. The Kier molecular flexibility index (Phi) is 11.1. The highest BCUT2D eigenvalue weighted by Crippen LogP contribution is 2.21. The van der Waals surface area contributed by atoms with Crippen molar-refractivity contribution in [1.29, 1.82) is 10.5 Å². The Morgan fingerprint density at radius 3 is 1.93 bits per heavy atom. The van der Waals surface area contributed by atoms with Gasteiger partial charge < -0.3 is 14.7 Å². The summed E-state index contributed by atoms with van der Waals surface area (Å²) in [7, 11) is 0. The Morgan fingerprint density at radius 2 is 1.47 bits per heavy atom. The molecule has 0 aliphatic carbocycles. The van der Waals surface area contributed by atoms with Gasteiger partial charge in [-0.3, -0.25) is 0 Å². The minimum absolute atomic E-state index is 0.0898. The predicted octanol–water partition coefficient (Wildman–Crippen LogP) is 5.12. The van der Waals surface area contributed by atoms with Crippen molar-refractivity contribution < 1.29 is 13.9 Å². The van der Waals surface area contributed by atoms with Gasteiger partial charge in [0.2, 0.25) is 0 Å². The Hall–Kier alpha value is -4.46. The average molecular weight is 804 g/mol. The predicted molar refractivity (Wildman–Crippen MR) is 168 cm³/mol. The molecule has 0 saturated heterocycles. The first-order chi connectivity index (χ1) is 20.8. The van der Waals surface area contributed by atoms with E-state index >= 15 is 0 Å². The third-order valence-corrected chi connectivity index (χ3v) is 7.32. The molecule has 0 bridgehead atoms. The molecule has 4 heterocycles. The van der Waals surface area contributed by atoms with Crippen LogP contribution in [0.1, 0.15) is 22.8 Å². The van der Waals surface area contributed by atoms with E-state index in [0.717, 1.165) is 24.2 Å². The number of hydrogen-bond donors (Lipinski definition) is 2. The average Bonchev–Trinajstić information content (AvgIpc) is 3.82. The molecule has 6 aromatic rings. The number of imidazole rings is 2. The zero-order chi connectivity index (χ0) is 30.8. The van der Waals surface area contributed by atoms with Crippen LogP contribution in [0.4, 0.5) is 8.78 Å². The summed E-state index contributed by atoms with van der Waals surface area (Å²) in [6, 6.07) is 16.5. The second-order valence-electron chi connectivity index (χ2n) is 8.44. The highest BCUT2D eigenvalue weighted by atomic mass is 127. The van der Waals surface area contributed by atoms with E-state index in [1.165, 1.54) is 36.8 Å². The fraction of sp³-hybridized carbons (Fsp3) is 0.0714. The Balaban J connectivity index is 0.000000167. The number of benzene rings is 2. The molecule has 2 N–H and O–H groups in total. The smallest absolute Gasteiger partial charge is 0.158 e. The lowest BCUT2D eigenvalue weighted by Gasteiger charge is -2.10. The molecule has 0 atom stereocenters. The number of aliphatic hydroxyl groups excluding tert-OH is 1. The maximum Gasteiger partial charge on any atom is 0.158 e. The molecular weight excluding hydrogens is 784 g/mol. The molecule has 4 aromatic heterocycles. The molecule has 0 spiro atoms. The Labute approximate surface area is 271 Å². The Morgan fingerprint density at radius 1 is 0.860 bits per heavy atom. The monoisotopic (exact) mass is 804 g/mol. The molecule has 11 nitrogen and oxygen atoms in total. The van der Waals surface area contributed by atoms with Gasteiger partial charge >= 0.3 is 0 Å². The van der Waals surface area contributed by atoms with Crippen molar-refractivity contribution in [3.05, 3.63) is 128 Å². The van der Waals surface area contributed by atoms with Gasteiger partial charge in [-0.15, -0.1) is 0 Å². The standard InChI is InChI=1S/C14H9FIN5.C10H8FIN2O.C4H3N3/c15-10-1-2-14(13(16)5-10)21-12(3-4-19-21)8-20-7-11(6-17)18-9-20;11-7-1-2-10(9(12)5-7)14-8(6-15)3-4-13-14;5-1-4-2-6-3-7-4/h1-5,7,9H,8H2;1-5,15H,6H2;2-3H,(H,6,7). The van der Waals surface area contributed by atoms with Crippen molar-refractivity contribution in [2.75, 3.05) is 0 Å². The van der Waals surface area contributed by atoms with Gasteiger partial charge in [-0.05, 0) is 93.7 Å². The molecule has 0 fully saturated rings. The fourth-order valence-electron chi connectivity index (χ4n) is 3.65. The summed E-state index contributed by atoms with van der Waals surface area (Å²) < 4.78 is 32.8. The number of hydrogen-bond acceptors (Lipinski definition) is 7. The molecule has 216 valence electrons. The normalized spacial score (nSPS) is 10.1. The third kappa shape index (κ3) is 8.31. The first kappa shape index (κ1) is 31.5. The van der Waals surface area contributed by atoms with Gasteiger partial charge in [-0.25, -0.2) is 28.1 Å². The van der Waals surface area contributed by atoms with Crippen LogP contribution >= 0.6 is 45.2 Å². The number of nitrogens with one attached hydrogen (secondary N) is 1. The van der Waals surface area contributed by atoms with Crippen molar-refractivity contribution in [2.45, 2.75) is 13.2 Å². The Bertz CT molecular complexity index is 1880. The number of rotatable bonds is 5. The third-order valence-electron chi connectivity index (χ3n) is 5.59. The van der Waals surface area contributed by atoms with Crippen LogP contribution in [0, 0.1) is 41.4 Å². The zero-order valence-electron chi connectivity index (χ0n) is 22.0. The highest BCUT2D eigenvalue weighted by Gasteiger charge is 2.11. The van der Waals surface area contributed by atoms with Crippen LogP contribution < -0.4 is 0 Å². The van der Waals surface area contributed by atoms with E-state index in [-0.39, 0.29) is 18.2 Å². The molecule has 0 saturated carbocycles. The van der Waals surface area contributed by atoms with Crippen LogP contribution in [0.15, 0.2) is 86.0 Å². The van der Waals surface area contributed by atoms with Crippen molar-refractivity contribution in [1.82, 2.24) is 39.1 Å². The molecule has 0 radical (unpaired) electrons. The second-order valence-corrected chi connectivity index (χ2v) is 10.8. The van der Waals surface area contributed by atoms with Gasteiger partial charge in [0.1, 0.15) is 29.5 Å². The lowest BCUT2D eigenvalue weighted by atomic mass is 10.3. The zero-order valence-corrected chi connectivity index (χ0v) is 26.3.